The van der Waals surface area contributed by atoms with Gasteiger partial charge in [0.1, 0.15) is 0 Å². The first-order chi connectivity index (χ1) is 12.5. The van der Waals surface area contributed by atoms with Gasteiger partial charge in [-0.15, -0.1) is 5.10 Å². The lowest BCUT2D eigenvalue weighted by molar-refractivity contribution is 0.304. The lowest BCUT2D eigenvalue weighted by atomic mass is 9.89. The molecule has 0 N–H and O–H groups in total. The Hall–Kier alpha value is -2.34. The zero-order valence-corrected chi connectivity index (χ0v) is 15.4. The summed E-state index contributed by atoms with van der Waals surface area (Å²) in [6, 6.07) is 5.43. The number of aromatic nitrogens is 4. The molecule has 136 valence electrons. The quantitative estimate of drug-likeness (QED) is 0.709. The number of halogens is 1. The molecule has 26 heavy (non-hydrogen) atoms. The van der Waals surface area contributed by atoms with Crippen LogP contribution in [0.3, 0.4) is 0 Å². The number of hydrogen-bond acceptors (Lipinski definition) is 3. The molecule has 3 aromatic rings. The SMILES string of the molecule is Cc1ccc(-n2ccn3c(=O)n(CC4CCCCC4)nc3c2=O)cc1Cl. The van der Waals surface area contributed by atoms with E-state index >= 15 is 0 Å². The first-order valence-corrected chi connectivity index (χ1v) is 9.40. The molecule has 0 atom stereocenters. The highest BCUT2D eigenvalue weighted by Gasteiger charge is 2.18. The van der Waals surface area contributed by atoms with Crippen molar-refractivity contribution < 1.29 is 0 Å². The highest BCUT2D eigenvalue weighted by molar-refractivity contribution is 6.31. The number of fused-ring (bicyclic) bond motifs is 1. The van der Waals surface area contributed by atoms with E-state index < -0.39 is 0 Å². The summed E-state index contributed by atoms with van der Waals surface area (Å²) >= 11 is 6.18. The van der Waals surface area contributed by atoms with Crippen molar-refractivity contribution >= 4 is 17.2 Å². The molecular weight excluding hydrogens is 352 g/mol. The molecule has 2 aromatic heterocycles. The number of aryl methyl sites for hydroxylation is 1. The fourth-order valence-corrected chi connectivity index (χ4v) is 3.85. The van der Waals surface area contributed by atoms with Crippen molar-refractivity contribution in [2.75, 3.05) is 0 Å². The van der Waals surface area contributed by atoms with Crippen molar-refractivity contribution in [3.05, 3.63) is 62.0 Å². The van der Waals surface area contributed by atoms with Crippen molar-refractivity contribution in [2.45, 2.75) is 45.6 Å². The van der Waals surface area contributed by atoms with Crippen LogP contribution in [0.5, 0.6) is 0 Å². The van der Waals surface area contributed by atoms with Crippen LogP contribution in [0.25, 0.3) is 11.3 Å². The lowest BCUT2D eigenvalue weighted by Gasteiger charge is -2.20. The topological polar surface area (TPSA) is 61.3 Å². The molecule has 4 rings (SSSR count). The molecule has 0 unspecified atom stereocenters. The van der Waals surface area contributed by atoms with Gasteiger partial charge in [0.25, 0.3) is 0 Å². The van der Waals surface area contributed by atoms with Crippen molar-refractivity contribution in [1.29, 1.82) is 0 Å². The van der Waals surface area contributed by atoms with E-state index in [4.69, 9.17) is 11.6 Å². The van der Waals surface area contributed by atoms with Crippen LogP contribution in [0, 0.1) is 12.8 Å². The van der Waals surface area contributed by atoms with Crippen LogP contribution in [0.4, 0.5) is 0 Å². The van der Waals surface area contributed by atoms with Gasteiger partial charge in [-0.05, 0) is 43.4 Å². The standard InChI is InChI=1S/C19H21ClN4O2/c1-13-7-8-15(11-16(13)20)22-9-10-23-17(18(22)25)21-24(19(23)26)12-14-5-3-2-4-6-14/h7-11,14H,2-6,12H2,1H3. The maximum Gasteiger partial charge on any atom is 0.350 e. The molecule has 1 saturated carbocycles. The maximum absolute atomic E-state index is 12.9. The Morgan fingerprint density at radius 1 is 1.15 bits per heavy atom. The third-order valence-corrected chi connectivity index (χ3v) is 5.64. The van der Waals surface area contributed by atoms with E-state index in [9.17, 15) is 9.59 Å². The molecule has 0 spiro atoms. The highest BCUT2D eigenvalue weighted by atomic mass is 35.5. The second kappa shape index (κ2) is 6.76. The molecule has 1 fully saturated rings. The van der Waals surface area contributed by atoms with Gasteiger partial charge in [-0.25, -0.2) is 13.9 Å². The van der Waals surface area contributed by atoms with Gasteiger partial charge < -0.3 is 0 Å². The Bertz CT molecular complexity index is 1070. The number of nitrogens with zero attached hydrogens (tertiary/aromatic N) is 4. The minimum atomic E-state index is -0.327. The fourth-order valence-electron chi connectivity index (χ4n) is 3.68. The molecule has 1 aliphatic carbocycles. The van der Waals surface area contributed by atoms with E-state index in [2.05, 4.69) is 5.10 Å². The summed E-state index contributed by atoms with van der Waals surface area (Å²) in [6.45, 7) is 2.49. The molecule has 1 aliphatic rings. The summed E-state index contributed by atoms with van der Waals surface area (Å²) in [7, 11) is 0. The fraction of sp³-hybridized carbons (Fsp3) is 0.421. The van der Waals surface area contributed by atoms with Crippen LogP contribution in [-0.2, 0) is 6.54 Å². The average molecular weight is 373 g/mol. The van der Waals surface area contributed by atoms with E-state index in [0.717, 1.165) is 18.4 Å². The maximum atomic E-state index is 12.9. The van der Waals surface area contributed by atoms with Gasteiger partial charge in [0, 0.05) is 24.0 Å². The first kappa shape index (κ1) is 17.1. The van der Waals surface area contributed by atoms with Gasteiger partial charge in [0.15, 0.2) is 0 Å². The summed E-state index contributed by atoms with van der Waals surface area (Å²) < 4.78 is 4.24. The third kappa shape index (κ3) is 2.98. The van der Waals surface area contributed by atoms with E-state index in [1.807, 2.05) is 19.1 Å². The molecule has 6 nitrogen and oxygen atoms in total. The Morgan fingerprint density at radius 2 is 1.92 bits per heavy atom. The van der Waals surface area contributed by atoms with Crippen molar-refractivity contribution in [3.8, 4) is 5.69 Å². The third-order valence-electron chi connectivity index (χ3n) is 5.23. The number of hydrogen-bond donors (Lipinski definition) is 0. The van der Waals surface area contributed by atoms with Crippen LogP contribution in [-0.4, -0.2) is 18.7 Å². The van der Waals surface area contributed by atoms with E-state index in [0.29, 0.717) is 23.2 Å². The number of benzene rings is 1. The summed E-state index contributed by atoms with van der Waals surface area (Å²) in [5.41, 5.74) is 1.16. The van der Waals surface area contributed by atoms with Gasteiger partial charge in [-0.3, -0.25) is 9.36 Å². The summed E-state index contributed by atoms with van der Waals surface area (Å²) in [4.78, 5) is 25.5. The summed E-state index contributed by atoms with van der Waals surface area (Å²) in [5, 5.41) is 4.92. The molecule has 0 bridgehead atoms. The van der Waals surface area contributed by atoms with Crippen molar-refractivity contribution in [2.24, 2.45) is 5.92 Å². The average Bonchev–Trinajstić information content (AvgIpc) is 2.96. The van der Waals surface area contributed by atoms with Crippen LogP contribution < -0.4 is 11.2 Å². The van der Waals surface area contributed by atoms with Crippen molar-refractivity contribution in [1.82, 2.24) is 18.7 Å². The van der Waals surface area contributed by atoms with Gasteiger partial charge >= 0.3 is 11.2 Å². The van der Waals surface area contributed by atoms with Gasteiger partial charge in [0.05, 0.1) is 5.69 Å². The van der Waals surface area contributed by atoms with Crippen LogP contribution in [0.15, 0.2) is 40.2 Å². The minimum Gasteiger partial charge on any atom is -0.280 e. The summed E-state index contributed by atoms with van der Waals surface area (Å²) in [6.07, 6.45) is 9.09. The Kier molecular flexibility index (Phi) is 4.44. The zero-order chi connectivity index (χ0) is 18.3. The van der Waals surface area contributed by atoms with E-state index in [1.165, 1.54) is 32.9 Å². The molecular formula is C19H21ClN4O2. The lowest BCUT2D eigenvalue weighted by Crippen LogP contribution is -2.26. The van der Waals surface area contributed by atoms with Crippen LogP contribution in [0.2, 0.25) is 5.02 Å². The molecule has 0 radical (unpaired) electrons. The van der Waals surface area contributed by atoms with E-state index in [1.54, 1.807) is 18.5 Å². The molecule has 7 heteroatoms. The highest BCUT2D eigenvalue weighted by Crippen LogP contribution is 2.24. The van der Waals surface area contributed by atoms with Crippen molar-refractivity contribution in [3.63, 3.8) is 0 Å². The number of rotatable bonds is 3. The minimum absolute atomic E-state index is 0.144. The predicted octanol–water partition coefficient (Wildman–Crippen LogP) is 3.19. The Morgan fingerprint density at radius 3 is 2.65 bits per heavy atom. The van der Waals surface area contributed by atoms with Crippen LogP contribution in [0.1, 0.15) is 37.7 Å². The molecule has 2 heterocycles. The smallest absolute Gasteiger partial charge is 0.280 e. The monoisotopic (exact) mass is 372 g/mol. The second-order valence-electron chi connectivity index (χ2n) is 7.07. The normalized spacial score (nSPS) is 15.6. The van der Waals surface area contributed by atoms with E-state index in [-0.39, 0.29) is 16.9 Å². The van der Waals surface area contributed by atoms with Gasteiger partial charge in [-0.1, -0.05) is 36.9 Å². The molecule has 1 aromatic carbocycles. The largest absolute Gasteiger partial charge is 0.350 e. The predicted molar refractivity (Wildman–Crippen MR) is 101 cm³/mol. The van der Waals surface area contributed by atoms with Crippen LogP contribution >= 0.6 is 11.6 Å². The van der Waals surface area contributed by atoms with Gasteiger partial charge in [0.2, 0.25) is 5.65 Å². The first-order valence-electron chi connectivity index (χ1n) is 9.02. The second-order valence-corrected chi connectivity index (χ2v) is 7.48. The Labute approximate surface area is 155 Å². The Balaban J connectivity index is 1.76. The molecule has 0 saturated heterocycles. The molecule has 0 amide bonds. The van der Waals surface area contributed by atoms with Gasteiger partial charge in [-0.2, -0.15) is 0 Å². The molecule has 0 aliphatic heterocycles. The zero-order valence-electron chi connectivity index (χ0n) is 14.7. The summed E-state index contributed by atoms with van der Waals surface area (Å²) in [5.74, 6) is 0.462.